The zero-order valence-electron chi connectivity index (χ0n) is 8.03. The fourth-order valence-corrected chi connectivity index (χ4v) is 1.09. The average Bonchev–Trinajstić information content (AvgIpc) is 2.89. The molecule has 13 heavy (non-hydrogen) atoms. The number of nitrogens with zero attached hydrogens (tertiary/aromatic N) is 2. The molecular weight excluding hydrogens is 164 g/mol. The van der Waals surface area contributed by atoms with Crippen LogP contribution in [0.15, 0.2) is 18.3 Å². The SMILES string of the molecule is CN(C)c1ccc(OC2CC2)cn1. The molecular formula is C10H14N2O. The van der Waals surface area contributed by atoms with Gasteiger partial charge in [0, 0.05) is 14.1 Å². The Labute approximate surface area is 78.3 Å². The molecule has 0 saturated heterocycles. The predicted molar refractivity (Wildman–Crippen MR) is 52.2 cm³/mol. The van der Waals surface area contributed by atoms with E-state index in [-0.39, 0.29) is 0 Å². The Morgan fingerprint density at radius 2 is 2.15 bits per heavy atom. The van der Waals surface area contributed by atoms with Gasteiger partial charge in [-0.05, 0) is 25.0 Å². The molecule has 1 aliphatic rings. The van der Waals surface area contributed by atoms with E-state index < -0.39 is 0 Å². The van der Waals surface area contributed by atoms with Gasteiger partial charge in [0.15, 0.2) is 0 Å². The minimum Gasteiger partial charge on any atom is -0.489 e. The van der Waals surface area contributed by atoms with Crippen LogP contribution in [0.3, 0.4) is 0 Å². The van der Waals surface area contributed by atoms with Crippen LogP contribution in [0.2, 0.25) is 0 Å². The number of hydrogen-bond donors (Lipinski definition) is 0. The highest BCUT2D eigenvalue weighted by atomic mass is 16.5. The van der Waals surface area contributed by atoms with Crippen LogP contribution < -0.4 is 9.64 Å². The van der Waals surface area contributed by atoms with Gasteiger partial charge in [-0.2, -0.15) is 0 Å². The molecule has 1 aromatic rings. The van der Waals surface area contributed by atoms with E-state index in [1.807, 2.05) is 31.1 Å². The van der Waals surface area contributed by atoms with Crippen molar-refractivity contribution in [1.82, 2.24) is 4.98 Å². The third kappa shape index (κ3) is 2.11. The summed E-state index contributed by atoms with van der Waals surface area (Å²) in [6, 6.07) is 3.94. The van der Waals surface area contributed by atoms with Gasteiger partial charge in [0.25, 0.3) is 0 Å². The van der Waals surface area contributed by atoms with Crippen LogP contribution in [0, 0.1) is 0 Å². The smallest absolute Gasteiger partial charge is 0.138 e. The summed E-state index contributed by atoms with van der Waals surface area (Å²) in [5, 5.41) is 0. The van der Waals surface area contributed by atoms with Crippen LogP contribution in [-0.2, 0) is 0 Å². The lowest BCUT2D eigenvalue weighted by Gasteiger charge is -2.11. The van der Waals surface area contributed by atoms with Crippen molar-refractivity contribution in [1.29, 1.82) is 0 Å². The number of hydrogen-bond acceptors (Lipinski definition) is 3. The number of pyridine rings is 1. The molecule has 0 radical (unpaired) electrons. The van der Waals surface area contributed by atoms with Crippen molar-refractivity contribution in [3.05, 3.63) is 18.3 Å². The maximum atomic E-state index is 5.58. The number of ether oxygens (including phenoxy) is 1. The van der Waals surface area contributed by atoms with E-state index in [2.05, 4.69) is 4.98 Å². The third-order valence-corrected chi connectivity index (χ3v) is 2.01. The molecule has 0 aliphatic heterocycles. The summed E-state index contributed by atoms with van der Waals surface area (Å²) in [6.07, 6.45) is 4.62. The molecule has 1 aromatic heterocycles. The van der Waals surface area contributed by atoms with Crippen LogP contribution in [0.4, 0.5) is 5.82 Å². The van der Waals surface area contributed by atoms with Crippen molar-refractivity contribution in [2.45, 2.75) is 18.9 Å². The quantitative estimate of drug-likeness (QED) is 0.704. The van der Waals surface area contributed by atoms with Crippen molar-refractivity contribution >= 4 is 5.82 Å². The minimum absolute atomic E-state index is 0.451. The maximum Gasteiger partial charge on any atom is 0.138 e. The lowest BCUT2D eigenvalue weighted by Crippen LogP contribution is -2.10. The molecule has 0 aromatic carbocycles. The van der Waals surface area contributed by atoms with E-state index in [0.717, 1.165) is 11.6 Å². The summed E-state index contributed by atoms with van der Waals surface area (Å²) >= 11 is 0. The molecule has 0 spiro atoms. The molecule has 0 bridgehead atoms. The topological polar surface area (TPSA) is 25.4 Å². The highest BCUT2D eigenvalue weighted by Gasteiger charge is 2.23. The number of anilines is 1. The van der Waals surface area contributed by atoms with Gasteiger partial charge in [-0.25, -0.2) is 4.98 Å². The lowest BCUT2D eigenvalue weighted by atomic mass is 10.4. The minimum atomic E-state index is 0.451. The second-order valence-electron chi connectivity index (χ2n) is 3.56. The van der Waals surface area contributed by atoms with Crippen LogP contribution in [0.25, 0.3) is 0 Å². The Morgan fingerprint density at radius 1 is 1.38 bits per heavy atom. The standard InChI is InChI=1S/C10H14N2O/c1-12(2)10-6-5-9(7-11-10)13-8-3-4-8/h5-8H,3-4H2,1-2H3. The Bertz CT molecular complexity index is 277. The number of rotatable bonds is 3. The normalized spacial score (nSPS) is 15.5. The first-order chi connectivity index (χ1) is 6.25. The van der Waals surface area contributed by atoms with Crippen LogP contribution in [0.1, 0.15) is 12.8 Å². The fourth-order valence-electron chi connectivity index (χ4n) is 1.09. The van der Waals surface area contributed by atoms with Crippen molar-refractivity contribution in [2.24, 2.45) is 0 Å². The summed E-state index contributed by atoms with van der Waals surface area (Å²) in [4.78, 5) is 6.23. The van der Waals surface area contributed by atoms with Gasteiger partial charge in [-0.15, -0.1) is 0 Å². The van der Waals surface area contributed by atoms with E-state index in [9.17, 15) is 0 Å². The van der Waals surface area contributed by atoms with Crippen molar-refractivity contribution in [3.8, 4) is 5.75 Å². The molecule has 0 atom stereocenters. The van der Waals surface area contributed by atoms with Gasteiger partial charge < -0.3 is 9.64 Å². The van der Waals surface area contributed by atoms with Crippen LogP contribution >= 0.6 is 0 Å². The van der Waals surface area contributed by atoms with E-state index in [4.69, 9.17) is 4.74 Å². The second kappa shape index (κ2) is 3.24. The maximum absolute atomic E-state index is 5.58. The average molecular weight is 178 g/mol. The van der Waals surface area contributed by atoms with Crippen molar-refractivity contribution in [3.63, 3.8) is 0 Å². The zero-order valence-corrected chi connectivity index (χ0v) is 8.03. The lowest BCUT2D eigenvalue weighted by molar-refractivity contribution is 0.302. The van der Waals surface area contributed by atoms with E-state index in [1.54, 1.807) is 6.20 Å². The second-order valence-corrected chi connectivity index (χ2v) is 3.56. The van der Waals surface area contributed by atoms with Gasteiger partial charge in [-0.3, -0.25) is 0 Å². The number of aromatic nitrogens is 1. The van der Waals surface area contributed by atoms with E-state index in [0.29, 0.717) is 6.10 Å². The summed E-state index contributed by atoms with van der Waals surface area (Å²) < 4.78 is 5.58. The molecule has 1 aliphatic carbocycles. The van der Waals surface area contributed by atoms with Gasteiger partial charge in [-0.1, -0.05) is 0 Å². The molecule has 0 amide bonds. The van der Waals surface area contributed by atoms with E-state index in [1.165, 1.54) is 12.8 Å². The van der Waals surface area contributed by atoms with E-state index >= 15 is 0 Å². The zero-order chi connectivity index (χ0) is 9.26. The molecule has 0 unspecified atom stereocenters. The van der Waals surface area contributed by atoms with Gasteiger partial charge in [0.1, 0.15) is 11.6 Å². The molecule has 1 saturated carbocycles. The highest BCUT2D eigenvalue weighted by molar-refractivity contribution is 5.38. The van der Waals surface area contributed by atoms with Gasteiger partial charge >= 0.3 is 0 Å². The van der Waals surface area contributed by atoms with Gasteiger partial charge in [0.05, 0.1) is 12.3 Å². The summed E-state index contributed by atoms with van der Waals surface area (Å²) in [7, 11) is 3.95. The molecule has 1 heterocycles. The summed E-state index contributed by atoms with van der Waals surface area (Å²) in [6.45, 7) is 0. The van der Waals surface area contributed by atoms with Crippen molar-refractivity contribution < 1.29 is 4.74 Å². The summed E-state index contributed by atoms with van der Waals surface area (Å²) in [5.74, 6) is 1.84. The fraction of sp³-hybridized carbons (Fsp3) is 0.500. The monoisotopic (exact) mass is 178 g/mol. The van der Waals surface area contributed by atoms with Crippen LogP contribution in [-0.4, -0.2) is 25.2 Å². The molecule has 0 N–H and O–H groups in total. The first-order valence-electron chi connectivity index (χ1n) is 4.56. The van der Waals surface area contributed by atoms with Gasteiger partial charge in [0.2, 0.25) is 0 Å². The summed E-state index contributed by atoms with van der Waals surface area (Å²) in [5.41, 5.74) is 0. The molecule has 3 nitrogen and oxygen atoms in total. The highest BCUT2D eigenvalue weighted by Crippen LogP contribution is 2.26. The first-order valence-corrected chi connectivity index (χ1v) is 4.56. The van der Waals surface area contributed by atoms with Crippen molar-refractivity contribution in [2.75, 3.05) is 19.0 Å². The third-order valence-electron chi connectivity index (χ3n) is 2.01. The molecule has 1 fully saturated rings. The molecule has 3 heteroatoms. The Balaban J connectivity index is 2.04. The largest absolute Gasteiger partial charge is 0.489 e. The predicted octanol–water partition coefficient (Wildman–Crippen LogP) is 1.69. The van der Waals surface area contributed by atoms with Crippen LogP contribution in [0.5, 0.6) is 5.75 Å². The first kappa shape index (κ1) is 8.35. The Kier molecular flexibility index (Phi) is 2.08. The molecule has 2 rings (SSSR count). The molecule has 70 valence electrons. The Hall–Kier alpha value is -1.25. The Morgan fingerprint density at radius 3 is 2.62 bits per heavy atom.